The monoisotopic (exact) mass is 260 g/mol. The number of halogens is 1. The van der Waals surface area contributed by atoms with Crippen LogP contribution >= 0.6 is 15.9 Å². The van der Waals surface area contributed by atoms with Gasteiger partial charge in [0.2, 0.25) is 0 Å². The zero-order chi connectivity index (χ0) is 9.87. The minimum atomic E-state index is -0.732. The quantitative estimate of drug-likeness (QED) is 0.601. The summed E-state index contributed by atoms with van der Waals surface area (Å²) >= 11 is 3.27. The van der Waals surface area contributed by atoms with Crippen molar-refractivity contribution >= 4 is 28.1 Å². The Morgan fingerprint density at radius 2 is 1.86 bits per heavy atom. The van der Waals surface area contributed by atoms with Crippen LogP contribution in [-0.4, -0.2) is 30.4 Å². The predicted molar refractivity (Wildman–Crippen MR) is 45.5 cm³/mol. The van der Waals surface area contributed by atoms with Gasteiger partial charge in [-0.3, -0.25) is 4.79 Å². The van der Waals surface area contributed by atoms with Gasteiger partial charge in [-0.05, 0) is 0 Å². The smallest absolute Gasteiger partial charge is 0.452 e. The van der Waals surface area contributed by atoms with Gasteiger partial charge in [-0.1, -0.05) is 22.0 Å². The lowest BCUT2D eigenvalue weighted by atomic mass is 9.85. The summed E-state index contributed by atoms with van der Waals surface area (Å²) in [7, 11) is 0. The average Bonchev–Trinajstić information content (AvgIpc) is 2.50. The molecule has 6 heteroatoms. The summed E-state index contributed by atoms with van der Waals surface area (Å²) in [4.78, 5) is 22.2. The van der Waals surface area contributed by atoms with Crippen molar-refractivity contribution in [1.82, 2.24) is 0 Å². The standard InChI is InChI=1S/C8H5BrO5/c9-3-1-2-4-6(14-8(11)13-4)5(3)12-7(2)10/h1-2,4-6H/t2-,4-,5+,6-/m0/s1. The van der Waals surface area contributed by atoms with Crippen LogP contribution in [0.5, 0.6) is 0 Å². The van der Waals surface area contributed by atoms with E-state index >= 15 is 0 Å². The van der Waals surface area contributed by atoms with Crippen LogP contribution < -0.4 is 0 Å². The van der Waals surface area contributed by atoms with Gasteiger partial charge in [0.05, 0.1) is 0 Å². The molecule has 0 saturated carbocycles. The first kappa shape index (κ1) is 8.28. The Bertz CT molecular complexity index is 363. The molecule has 4 atom stereocenters. The molecule has 4 rings (SSSR count). The largest absolute Gasteiger partial charge is 0.509 e. The van der Waals surface area contributed by atoms with Gasteiger partial charge in [0.25, 0.3) is 0 Å². The Hall–Kier alpha value is -1.04. The highest BCUT2D eigenvalue weighted by molar-refractivity contribution is 9.11. The van der Waals surface area contributed by atoms with Crippen LogP contribution in [0.15, 0.2) is 10.6 Å². The van der Waals surface area contributed by atoms with Crippen molar-refractivity contribution in [3.63, 3.8) is 0 Å². The molecule has 0 aromatic carbocycles. The third-order valence-electron chi connectivity index (χ3n) is 2.57. The molecule has 5 nitrogen and oxygen atoms in total. The lowest BCUT2D eigenvalue weighted by molar-refractivity contribution is -0.171. The van der Waals surface area contributed by atoms with Gasteiger partial charge in [-0.25, -0.2) is 4.79 Å². The second-order valence-corrected chi connectivity index (χ2v) is 4.27. The number of rotatable bonds is 0. The Balaban J connectivity index is 2.04. The van der Waals surface area contributed by atoms with Gasteiger partial charge in [0.1, 0.15) is 5.92 Å². The number of fused-ring (bicyclic) bond motifs is 1. The van der Waals surface area contributed by atoms with Crippen LogP contribution in [-0.2, 0) is 19.0 Å². The fourth-order valence-electron chi connectivity index (χ4n) is 1.94. The summed E-state index contributed by atoms with van der Waals surface area (Å²) in [6.45, 7) is 0. The Morgan fingerprint density at radius 3 is 2.64 bits per heavy atom. The van der Waals surface area contributed by atoms with Crippen molar-refractivity contribution < 1.29 is 23.8 Å². The Kier molecular flexibility index (Phi) is 1.48. The van der Waals surface area contributed by atoms with E-state index in [0.717, 1.165) is 4.48 Å². The first-order valence-electron chi connectivity index (χ1n) is 4.12. The molecule has 0 radical (unpaired) electrons. The molecule has 0 aromatic heterocycles. The normalized spacial score (nSPS) is 43.6. The first-order valence-corrected chi connectivity index (χ1v) is 4.91. The van der Waals surface area contributed by atoms with Crippen LogP contribution in [0.4, 0.5) is 4.79 Å². The fraction of sp³-hybridized carbons (Fsp3) is 0.500. The van der Waals surface area contributed by atoms with E-state index in [0.29, 0.717) is 0 Å². The third kappa shape index (κ3) is 0.890. The van der Waals surface area contributed by atoms with Gasteiger partial charge in [-0.2, -0.15) is 0 Å². The van der Waals surface area contributed by atoms with Gasteiger partial charge < -0.3 is 14.2 Å². The molecule has 0 spiro atoms. The van der Waals surface area contributed by atoms with Gasteiger partial charge >= 0.3 is 12.1 Å². The molecule has 74 valence electrons. The topological polar surface area (TPSA) is 61.8 Å². The van der Waals surface area contributed by atoms with E-state index in [1.807, 2.05) is 0 Å². The number of hydrogen-bond acceptors (Lipinski definition) is 5. The molecule has 2 bridgehead atoms. The van der Waals surface area contributed by atoms with Crippen molar-refractivity contribution in [2.24, 2.45) is 5.92 Å². The summed E-state index contributed by atoms with van der Waals surface area (Å²) < 4.78 is 15.6. The highest BCUT2D eigenvalue weighted by atomic mass is 79.9. The lowest BCUT2D eigenvalue weighted by Gasteiger charge is -2.37. The van der Waals surface area contributed by atoms with Crippen LogP contribution in [0.25, 0.3) is 0 Å². The molecule has 2 fully saturated rings. The van der Waals surface area contributed by atoms with E-state index < -0.39 is 30.4 Å². The first-order chi connectivity index (χ1) is 6.66. The second kappa shape index (κ2) is 2.50. The number of esters is 1. The van der Waals surface area contributed by atoms with Crippen molar-refractivity contribution in [3.8, 4) is 0 Å². The summed E-state index contributed by atoms with van der Waals surface area (Å²) in [6.07, 6.45) is -0.577. The highest BCUT2D eigenvalue weighted by Crippen LogP contribution is 2.42. The number of hydrogen-bond donors (Lipinski definition) is 0. The van der Waals surface area contributed by atoms with E-state index in [2.05, 4.69) is 15.9 Å². The summed E-state index contributed by atoms with van der Waals surface area (Å²) in [5, 5.41) is 0. The summed E-state index contributed by atoms with van der Waals surface area (Å²) in [6, 6.07) is 0. The predicted octanol–water partition coefficient (Wildman–Crippen LogP) is 0.724. The van der Waals surface area contributed by atoms with Crippen molar-refractivity contribution in [3.05, 3.63) is 10.6 Å². The molecule has 0 unspecified atom stereocenters. The van der Waals surface area contributed by atoms with Crippen molar-refractivity contribution in [2.45, 2.75) is 18.3 Å². The SMILES string of the molecule is O=C1O[C@@H]2[C@H](O1)[C@@H]1OC(=O)[C@H]2C=C1Br. The highest BCUT2D eigenvalue weighted by Gasteiger charge is 2.57. The van der Waals surface area contributed by atoms with E-state index in [1.54, 1.807) is 6.08 Å². The molecule has 4 aliphatic rings. The van der Waals surface area contributed by atoms with Crippen LogP contribution in [0.3, 0.4) is 0 Å². The molecule has 14 heavy (non-hydrogen) atoms. The van der Waals surface area contributed by atoms with E-state index in [4.69, 9.17) is 14.2 Å². The maximum atomic E-state index is 11.3. The minimum absolute atomic E-state index is 0.363. The number of carbonyl (C=O) groups excluding carboxylic acids is 2. The second-order valence-electron chi connectivity index (χ2n) is 3.35. The zero-order valence-corrected chi connectivity index (χ0v) is 8.39. The van der Waals surface area contributed by atoms with Crippen LogP contribution in [0.2, 0.25) is 0 Å². The molecule has 2 saturated heterocycles. The molecular formula is C8H5BrO5. The third-order valence-corrected chi connectivity index (χ3v) is 3.28. The average molecular weight is 261 g/mol. The number of ether oxygens (including phenoxy) is 3. The van der Waals surface area contributed by atoms with Crippen molar-refractivity contribution in [2.75, 3.05) is 0 Å². The summed E-state index contributed by atoms with van der Waals surface area (Å²) in [5.41, 5.74) is 0. The molecular weight excluding hydrogens is 256 g/mol. The zero-order valence-electron chi connectivity index (χ0n) is 6.81. The molecule has 3 aliphatic heterocycles. The van der Waals surface area contributed by atoms with Gasteiger partial charge in [-0.15, -0.1) is 0 Å². The van der Waals surface area contributed by atoms with Crippen molar-refractivity contribution in [1.29, 1.82) is 0 Å². The maximum Gasteiger partial charge on any atom is 0.509 e. The minimum Gasteiger partial charge on any atom is -0.452 e. The Morgan fingerprint density at radius 1 is 1.14 bits per heavy atom. The van der Waals surface area contributed by atoms with E-state index in [1.165, 1.54) is 0 Å². The van der Waals surface area contributed by atoms with Crippen LogP contribution in [0, 0.1) is 5.92 Å². The van der Waals surface area contributed by atoms with E-state index in [-0.39, 0.29) is 5.97 Å². The molecule has 0 N–H and O–H groups in total. The lowest BCUT2D eigenvalue weighted by Crippen LogP contribution is -2.53. The summed E-state index contributed by atoms with van der Waals surface area (Å²) in [5.74, 6) is -0.899. The molecule has 0 aromatic rings. The Labute approximate surface area is 87.1 Å². The molecule has 0 amide bonds. The van der Waals surface area contributed by atoms with Gasteiger partial charge in [0, 0.05) is 4.48 Å². The van der Waals surface area contributed by atoms with Crippen LogP contribution in [0.1, 0.15) is 0 Å². The molecule has 3 heterocycles. The van der Waals surface area contributed by atoms with E-state index in [9.17, 15) is 9.59 Å². The van der Waals surface area contributed by atoms with Gasteiger partial charge in [0.15, 0.2) is 18.3 Å². The maximum absolute atomic E-state index is 11.3. The molecule has 1 aliphatic carbocycles. The number of carbonyl (C=O) groups is 2. The fourth-order valence-corrected chi connectivity index (χ4v) is 2.58.